The summed E-state index contributed by atoms with van der Waals surface area (Å²) < 4.78 is 42.9. The number of hydrogen-bond acceptors (Lipinski definition) is 6. The van der Waals surface area contributed by atoms with Crippen molar-refractivity contribution in [3.05, 3.63) is 41.4 Å². The van der Waals surface area contributed by atoms with Gasteiger partial charge in [0.05, 0.1) is 17.0 Å². The summed E-state index contributed by atoms with van der Waals surface area (Å²) >= 11 is 6.07. The number of amides is 1. The van der Waals surface area contributed by atoms with Crippen molar-refractivity contribution in [3.8, 4) is 17.2 Å². The third kappa shape index (κ3) is 4.05. The van der Waals surface area contributed by atoms with Gasteiger partial charge in [-0.2, -0.15) is 4.31 Å². The molecular weight excluding hydrogens is 432 g/mol. The fraction of sp³-hybridized carbons (Fsp3) is 0.350. The van der Waals surface area contributed by atoms with E-state index in [0.29, 0.717) is 35.8 Å². The molecule has 160 valence electrons. The van der Waals surface area contributed by atoms with E-state index in [1.54, 1.807) is 18.2 Å². The summed E-state index contributed by atoms with van der Waals surface area (Å²) in [5.41, 5.74) is 0.618. The van der Waals surface area contributed by atoms with Crippen LogP contribution in [0.1, 0.15) is 12.8 Å². The lowest BCUT2D eigenvalue weighted by Crippen LogP contribution is -2.41. The molecule has 2 aliphatic heterocycles. The highest BCUT2D eigenvalue weighted by molar-refractivity contribution is 7.89. The number of rotatable bonds is 5. The fourth-order valence-corrected chi connectivity index (χ4v) is 5.35. The summed E-state index contributed by atoms with van der Waals surface area (Å²) in [6, 6.07) is 9.59. The fourth-order valence-electron chi connectivity index (χ4n) is 3.53. The number of ether oxygens (including phenoxy) is 3. The van der Waals surface area contributed by atoms with Gasteiger partial charge in [0.2, 0.25) is 22.7 Å². The van der Waals surface area contributed by atoms with Crippen molar-refractivity contribution in [1.29, 1.82) is 0 Å². The molecule has 4 rings (SSSR count). The minimum Gasteiger partial charge on any atom is -0.495 e. The number of nitrogens with one attached hydrogen (secondary N) is 1. The SMILES string of the molecule is COc1ccc(S(=O)(=O)N2CCC(C(=O)Nc3ccc4c(c3)OCO4)CC2)cc1Cl. The van der Waals surface area contributed by atoms with Gasteiger partial charge in [-0.3, -0.25) is 4.79 Å². The van der Waals surface area contributed by atoms with Crippen LogP contribution in [0.5, 0.6) is 17.2 Å². The molecule has 0 bridgehead atoms. The van der Waals surface area contributed by atoms with Crippen LogP contribution in [0.15, 0.2) is 41.3 Å². The van der Waals surface area contributed by atoms with E-state index in [1.807, 2.05) is 0 Å². The molecule has 1 saturated heterocycles. The van der Waals surface area contributed by atoms with Crippen molar-refractivity contribution >= 4 is 33.2 Å². The lowest BCUT2D eigenvalue weighted by molar-refractivity contribution is -0.120. The van der Waals surface area contributed by atoms with Gasteiger partial charge in [0, 0.05) is 30.8 Å². The molecule has 0 saturated carbocycles. The Hall–Kier alpha value is -2.49. The largest absolute Gasteiger partial charge is 0.495 e. The average Bonchev–Trinajstić information content (AvgIpc) is 3.21. The Morgan fingerprint density at radius 3 is 2.57 bits per heavy atom. The first kappa shape index (κ1) is 20.8. The molecule has 1 N–H and O–H groups in total. The van der Waals surface area contributed by atoms with E-state index in [-0.39, 0.29) is 41.6 Å². The second-order valence-corrected chi connectivity index (χ2v) is 9.38. The quantitative estimate of drug-likeness (QED) is 0.749. The van der Waals surface area contributed by atoms with Gasteiger partial charge in [0.25, 0.3) is 0 Å². The molecule has 0 radical (unpaired) electrons. The number of halogens is 1. The number of sulfonamides is 1. The van der Waals surface area contributed by atoms with Crippen LogP contribution in [-0.4, -0.2) is 45.6 Å². The monoisotopic (exact) mass is 452 g/mol. The van der Waals surface area contributed by atoms with Crippen LogP contribution in [-0.2, 0) is 14.8 Å². The van der Waals surface area contributed by atoms with Crippen LogP contribution in [0.2, 0.25) is 5.02 Å². The molecule has 0 aromatic heterocycles. The normalized spacial score (nSPS) is 17.0. The molecule has 0 atom stereocenters. The first-order valence-corrected chi connectivity index (χ1v) is 11.2. The van der Waals surface area contributed by atoms with Crippen molar-refractivity contribution in [1.82, 2.24) is 4.31 Å². The second-order valence-electron chi connectivity index (χ2n) is 7.03. The molecular formula is C20H21ClN2O6S. The minimum absolute atomic E-state index is 0.108. The first-order chi connectivity index (χ1) is 14.4. The number of hydrogen-bond donors (Lipinski definition) is 1. The zero-order valence-electron chi connectivity index (χ0n) is 16.3. The molecule has 2 aromatic carbocycles. The van der Waals surface area contributed by atoms with Crippen molar-refractivity contribution < 1.29 is 27.4 Å². The van der Waals surface area contributed by atoms with E-state index in [1.165, 1.54) is 29.6 Å². The van der Waals surface area contributed by atoms with E-state index in [9.17, 15) is 13.2 Å². The van der Waals surface area contributed by atoms with Gasteiger partial charge in [0.1, 0.15) is 5.75 Å². The number of piperidine rings is 1. The van der Waals surface area contributed by atoms with E-state index in [4.69, 9.17) is 25.8 Å². The zero-order chi connectivity index (χ0) is 21.3. The van der Waals surface area contributed by atoms with Gasteiger partial charge in [-0.25, -0.2) is 8.42 Å². The van der Waals surface area contributed by atoms with E-state index >= 15 is 0 Å². The summed E-state index contributed by atoms with van der Waals surface area (Å²) in [6.45, 7) is 0.676. The number of methoxy groups -OCH3 is 1. The smallest absolute Gasteiger partial charge is 0.243 e. The lowest BCUT2D eigenvalue weighted by Gasteiger charge is -2.30. The molecule has 10 heteroatoms. The third-order valence-corrected chi connectivity index (χ3v) is 7.42. The third-order valence-electron chi connectivity index (χ3n) is 5.23. The highest BCUT2D eigenvalue weighted by atomic mass is 35.5. The molecule has 1 fully saturated rings. The van der Waals surface area contributed by atoms with Crippen LogP contribution in [0.4, 0.5) is 5.69 Å². The number of nitrogens with zero attached hydrogens (tertiary/aromatic N) is 1. The molecule has 0 unspecified atom stereocenters. The standard InChI is InChI=1S/C20H21ClN2O6S/c1-27-17-5-3-15(11-16(17)21)30(25,26)23-8-6-13(7-9-23)20(24)22-14-2-4-18-19(10-14)29-12-28-18/h2-5,10-11,13H,6-9,12H2,1H3,(H,22,24). The van der Waals surface area contributed by atoms with Gasteiger partial charge in [-0.15, -0.1) is 0 Å². The van der Waals surface area contributed by atoms with Crippen molar-refractivity contribution in [2.24, 2.45) is 5.92 Å². The Kier molecular flexibility index (Phi) is 5.77. The van der Waals surface area contributed by atoms with Crippen molar-refractivity contribution in [3.63, 3.8) is 0 Å². The van der Waals surface area contributed by atoms with Crippen molar-refractivity contribution in [2.45, 2.75) is 17.7 Å². The maximum Gasteiger partial charge on any atom is 0.243 e. The summed E-state index contributed by atoms with van der Waals surface area (Å²) in [7, 11) is -2.23. The molecule has 30 heavy (non-hydrogen) atoms. The van der Waals surface area contributed by atoms with E-state index in [0.717, 1.165) is 0 Å². The number of carbonyl (C=O) groups excluding carboxylic acids is 1. The van der Waals surface area contributed by atoms with Gasteiger partial charge in [0.15, 0.2) is 11.5 Å². The Morgan fingerprint density at radius 1 is 1.13 bits per heavy atom. The molecule has 8 nitrogen and oxygen atoms in total. The van der Waals surface area contributed by atoms with Gasteiger partial charge < -0.3 is 19.5 Å². The predicted molar refractivity (Wildman–Crippen MR) is 111 cm³/mol. The Labute approximate surface area is 179 Å². The topological polar surface area (TPSA) is 94.2 Å². The minimum atomic E-state index is -3.69. The van der Waals surface area contributed by atoms with Crippen LogP contribution in [0.3, 0.4) is 0 Å². The molecule has 2 aromatic rings. The van der Waals surface area contributed by atoms with Crippen molar-refractivity contribution in [2.75, 3.05) is 32.3 Å². The average molecular weight is 453 g/mol. The zero-order valence-corrected chi connectivity index (χ0v) is 17.8. The molecule has 0 spiro atoms. The Morgan fingerprint density at radius 2 is 1.87 bits per heavy atom. The first-order valence-electron chi connectivity index (χ1n) is 9.42. The Balaban J connectivity index is 1.38. The predicted octanol–water partition coefficient (Wildman–Crippen LogP) is 3.12. The number of anilines is 1. The van der Waals surface area contributed by atoms with Crippen LogP contribution in [0.25, 0.3) is 0 Å². The van der Waals surface area contributed by atoms with Crippen LogP contribution < -0.4 is 19.5 Å². The summed E-state index contributed by atoms with van der Waals surface area (Å²) in [6.07, 6.45) is 0.860. The van der Waals surface area contributed by atoms with Gasteiger partial charge in [-0.1, -0.05) is 11.6 Å². The molecule has 0 aliphatic carbocycles. The highest BCUT2D eigenvalue weighted by Crippen LogP contribution is 2.35. The van der Waals surface area contributed by atoms with Crippen LogP contribution >= 0.6 is 11.6 Å². The summed E-state index contributed by atoms with van der Waals surface area (Å²) in [5.74, 6) is 1.23. The molecule has 1 amide bonds. The van der Waals surface area contributed by atoms with E-state index < -0.39 is 10.0 Å². The summed E-state index contributed by atoms with van der Waals surface area (Å²) in [4.78, 5) is 12.7. The molecule has 2 heterocycles. The van der Waals surface area contributed by atoms with Gasteiger partial charge in [-0.05, 0) is 43.2 Å². The van der Waals surface area contributed by atoms with Crippen LogP contribution in [0, 0.1) is 5.92 Å². The number of carbonyl (C=O) groups is 1. The lowest BCUT2D eigenvalue weighted by atomic mass is 9.97. The Bertz CT molecular complexity index is 1070. The maximum absolute atomic E-state index is 12.9. The maximum atomic E-state index is 12.9. The highest BCUT2D eigenvalue weighted by Gasteiger charge is 2.32. The second kappa shape index (κ2) is 8.33. The number of benzene rings is 2. The van der Waals surface area contributed by atoms with E-state index in [2.05, 4.69) is 5.32 Å². The summed E-state index contributed by atoms with van der Waals surface area (Å²) in [5, 5.41) is 3.11. The number of fused-ring (bicyclic) bond motifs is 1. The molecule has 2 aliphatic rings. The van der Waals surface area contributed by atoms with Gasteiger partial charge >= 0.3 is 0 Å².